The molecule has 1 saturated heterocycles. The van der Waals surface area contributed by atoms with Gasteiger partial charge < -0.3 is 9.47 Å². The lowest BCUT2D eigenvalue weighted by Crippen LogP contribution is -2.39. The summed E-state index contributed by atoms with van der Waals surface area (Å²) in [5.74, 6) is 1.04. The second kappa shape index (κ2) is 5.36. The third-order valence-electron chi connectivity index (χ3n) is 3.40. The molecule has 0 unspecified atom stereocenters. The topological polar surface area (TPSA) is 55.8 Å². The third kappa shape index (κ3) is 2.52. The van der Waals surface area contributed by atoms with Gasteiger partial charge in [-0.25, -0.2) is 0 Å². The van der Waals surface area contributed by atoms with Crippen molar-refractivity contribution in [3.05, 3.63) is 29.8 Å². The van der Waals surface area contributed by atoms with Crippen molar-refractivity contribution in [2.75, 3.05) is 13.3 Å². The number of benzene rings is 1. The van der Waals surface area contributed by atoms with Gasteiger partial charge in [0.1, 0.15) is 0 Å². The summed E-state index contributed by atoms with van der Waals surface area (Å²) in [6, 6.07) is 5.46. The van der Waals surface area contributed by atoms with E-state index in [1.165, 1.54) is 11.0 Å². The van der Waals surface area contributed by atoms with Crippen LogP contribution in [-0.2, 0) is 9.59 Å². The van der Waals surface area contributed by atoms with Gasteiger partial charge in [-0.1, -0.05) is 6.07 Å². The Morgan fingerprint density at radius 1 is 1.20 bits per heavy atom. The van der Waals surface area contributed by atoms with Gasteiger partial charge in [-0.15, -0.1) is 0 Å². The number of hydrogen-bond acceptors (Lipinski definition) is 4. The first kappa shape index (κ1) is 12.7. The SMILES string of the molecule is O=C(/C=C/c1ccc2c(c1)OCO2)N1CCCCC1=O. The van der Waals surface area contributed by atoms with Crippen LogP contribution >= 0.6 is 0 Å². The van der Waals surface area contributed by atoms with Crippen LogP contribution in [0.25, 0.3) is 6.08 Å². The van der Waals surface area contributed by atoms with E-state index >= 15 is 0 Å². The number of nitrogens with zero attached hydrogens (tertiary/aromatic N) is 1. The molecule has 1 aromatic carbocycles. The van der Waals surface area contributed by atoms with E-state index in [4.69, 9.17) is 9.47 Å². The van der Waals surface area contributed by atoms with E-state index in [0.717, 1.165) is 18.4 Å². The Kier molecular flexibility index (Phi) is 3.41. The van der Waals surface area contributed by atoms with Crippen molar-refractivity contribution in [1.82, 2.24) is 4.90 Å². The van der Waals surface area contributed by atoms with Gasteiger partial charge in [-0.2, -0.15) is 0 Å². The minimum atomic E-state index is -0.257. The van der Waals surface area contributed by atoms with Crippen molar-refractivity contribution in [2.45, 2.75) is 19.3 Å². The molecule has 0 N–H and O–H groups in total. The maximum atomic E-state index is 12.0. The number of carbonyl (C=O) groups excluding carboxylic acids is 2. The van der Waals surface area contributed by atoms with Crippen molar-refractivity contribution in [2.24, 2.45) is 0 Å². The zero-order chi connectivity index (χ0) is 13.9. The van der Waals surface area contributed by atoms with Gasteiger partial charge in [0.15, 0.2) is 11.5 Å². The number of likely N-dealkylation sites (tertiary alicyclic amines) is 1. The molecule has 104 valence electrons. The molecule has 20 heavy (non-hydrogen) atoms. The third-order valence-corrected chi connectivity index (χ3v) is 3.40. The average molecular weight is 273 g/mol. The number of carbonyl (C=O) groups is 2. The van der Waals surface area contributed by atoms with Gasteiger partial charge in [0.05, 0.1) is 0 Å². The predicted octanol–water partition coefficient (Wildman–Crippen LogP) is 1.97. The van der Waals surface area contributed by atoms with Crippen LogP contribution in [0.1, 0.15) is 24.8 Å². The summed E-state index contributed by atoms with van der Waals surface area (Å²) < 4.78 is 10.5. The molecule has 0 bridgehead atoms. The van der Waals surface area contributed by atoms with Gasteiger partial charge in [0.2, 0.25) is 12.7 Å². The number of hydrogen-bond donors (Lipinski definition) is 0. The van der Waals surface area contributed by atoms with Crippen molar-refractivity contribution in [3.63, 3.8) is 0 Å². The van der Waals surface area contributed by atoms with Gasteiger partial charge >= 0.3 is 0 Å². The molecule has 0 saturated carbocycles. The molecule has 3 rings (SSSR count). The van der Waals surface area contributed by atoms with Crippen LogP contribution in [0.3, 0.4) is 0 Å². The zero-order valence-electron chi connectivity index (χ0n) is 11.0. The number of rotatable bonds is 2. The molecule has 5 nitrogen and oxygen atoms in total. The van der Waals surface area contributed by atoms with Gasteiger partial charge in [0.25, 0.3) is 5.91 Å². The number of ether oxygens (including phenoxy) is 2. The Balaban J connectivity index is 1.70. The maximum absolute atomic E-state index is 12.0. The molecule has 1 fully saturated rings. The summed E-state index contributed by atoms with van der Waals surface area (Å²) >= 11 is 0. The molecule has 2 amide bonds. The van der Waals surface area contributed by atoms with Crippen LogP contribution in [0.5, 0.6) is 11.5 Å². The van der Waals surface area contributed by atoms with Gasteiger partial charge in [-0.05, 0) is 36.6 Å². The number of imide groups is 1. The van der Waals surface area contributed by atoms with E-state index in [9.17, 15) is 9.59 Å². The summed E-state index contributed by atoms with van der Waals surface area (Å²) in [6.07, 6.45) is 5.33. The first-order valence-corrected chi connectivity index (χ1v) is 6.66. The minimum Gasteiger partial charge on any atom is -0.454 e. The Hall–Kier alpha value is -2.30. The molecule has 2 aliphatic heterocycles. The highest BCUT2D eigenvalue weighted by Gasteiger charge is 2.22. The standard InChI is InChI=1S/C15H15NO4/c17-14-3-1-2-8-16(14)15(18)7-5-11-4-6-12-13(9-11)20-10-19-12/h4-7,9H,1-3,8,10H2/b7-5+. The van der Waals surface area contributed by atoms with Crippen molar-refractivity contribution in [1.29, 1.82) is 0 Å². The molecule has 2 aliphatic rings. The second-order valence-corrected chi connectivity index (χ2v) is 4.79. The molecular weight excluding hydrogens is 258 g/mol. The van der Waals surface area contributed by atoms with E-state index in [2.05, 4.69) is 0 Å². The first-order valence-electron chi connectivity index (χ1n) is 6.66. The van der Waals surface area contributed by atoms with Crippen LogP contribution in [0, 0.1) is 0 Å². The predicted molar refractivity (Wildman–Crippen MR) is 72.2 cm³/mol. The highest BCUT2D eigenvalue weighted by Crippen LogP contribution is 2.32. The highest BCUT2D eigenvalue weighted by atomic mass is 16.7. The molecule has 0 atom stereocenters. The molecule has 5 heteroatoms. The zero-order valence-corrected chi connectivity index (χ0v) is 11.0. The van der Waals surface area contributed by atoms with Crippen molar-refractivity contribution < 1.29 is 19.1 Å². The average Bonchev–Trinajstić information content (AvgIpc) is 2.92. The van der Waals surface area contributed by atoms with Crippen LogP contribution in [-0.4, -0.2) is 30.1 Å². The summed E-state index contributed by atoms with van der Waals surface area (Å²) in [5.41, 5.74) is 0.840. The van der Waals surface area contributed by atoms with E-state index in [-0.39, 0.29) is 18.6 Å². The molecule has 0 aliphatic carbocycles. The van der Waals surface area contributed by atoms with Crippen molar-refractivity contribution in [3.8, 4) is 11.5 Å². The maximum Gasteiger partial charge on any atom is 0.253 e. The van der Waals surface area contributed by atoms with Crippen LogP contribution < -0.4 is 9.47 Å². The summed E-state index contributed by atoms with van der Waals surface area (Å²) in [6.45, 7) is 0.743. The van der Waals surface area contributed by atoms with Crippen LogP contribution in [0.2, 0.25) is 0 Å². The smallest absolute Gasteiger partial charge is 0.253 e. The van der Waals surface area contributed by atoms with Crippen molar-refractivity contribution >= 4 is 17.9 Å². The van der Waals surface area contributed by atoms with Crippen LogP contribution in [0.4, 0.5) is 0 Å². The summed E-state index contributed by atoms with van der Waals surface area (Å²) in [5, 5.41) is 0. The molecule has 0 aromatic heterocycles. The number of amides is 2. The lowest BCUT2D eigenvalue weighted by atomic mass is 10.1. The summed E-state index contributed by atoms with van der Waals surface area (Å²) in [4.78, 5) is 24.9. The van der Waals surface area contributed by atoms with Gasteiger partial charge in [-0.3, -0.25) is 14.5 Å². The quantitative estimate of drug-likeness (QED) is 0.773. The Bertz CT molecular complexity index is 579. The lowest BCUT2D eigenvalue weighted by molar-refractivity contribution is -0.143. The highest BCUT2D eigenvalue weighted by molar-refractivity contribution is 6.03. The van der Waals surface area contributed by atoms with E-state index in [0.29, 0.717) is 24.5 Å². The fraction of sp³-hybridized carbons (Fsp3) is 0.333. The normalized spacial score (nSPS) is 17.8. The number of fused-ring (bicyclic) bond motifs is 1. The molecule has 0 radical (unpaired) electrons. The minimum absolute atomic E-state index is 0.0865. The molecule has 1 aromatic rings. The van der Waals surface area contributed by atoms with Gasteiger partial charge in [0, 0.05) is 19.0 Å². The van der Waals surface area contributed by atoms with E-state index in [1.54, 1.807) is 12.1 Å². The monoisotopic (exact) mass is 273 g/mol. The molecule has 2 heterocycles. The first-order chi connectivity index (χ1) is 9.74. The van der Waals surface area contributed by atoms with Crippen LogP contribution in [0.15, 0.2) is 24.3 Å². The Labute approximate surface area is 116 Å². The number of piperidine rings is 1. The Morgan fingerprint density at radius 3 is 2.90 bits per heavy atom. The molecule has 0 spiro atoms. The second-order valence-electron chi connectivity index (χ2n) is 4.79. The fourth-order valence-corrected chi connectivity index (χ4v) is 2.31. The lowest BCUT2D eigenvalue weighted by Gasteiger charge is -2.23. The fourth-order valence-electron chi connectivity index (χ4n) is 2.31. The summed E-state index contributed by atoms with van der Waals surface area (Å²) in [7, 11) is 0. The van der Waals surface area contributed by atoms with E-state index < -0.39 is 0 Å². The largest absolute Gasteiger partial charge is 0.454 e. The Morgan fingerprint density at radius 2 is 2.05 bits per heavy atom. The van der Waals surface area contributed by atoms with E-state index in [1.807, 2.05) is 12.1 Å². The molecular formula is C15H15NO4.